The molecule has 0 spiro atoms. The SMILES string of the molecule is C[C@@H](O)c1cc(Br)ccc1OCc1cn(C)nn1. The maximum Gasteiger partial charge on any atom is 0.134 e. The summed E-state index contributed by atoms with van der Waals surface area (Å²) < 4.78 is 8.18. The molecule has 0 saturated heterocycles. The van der Waals surface area contributed by atoms with Gasteiger partial charge >= 0.3 is 0 Å². The minimum atomic E-state index is -0.584. The zero-order chi connectivity index (χ0) is 13.1. The van der Waals surface area contributed by atoms with Crippen LogP contribution in [0.15, 0.2) is 28.9 Å². The van der Waals surface area contributed by atoms with Gasteiger partial charge in [0.25, 0.3) is 0 Å². The highest BCUT2D eigenvalue weighted by Gasteiger charge is 2.10. The summed E-state index contributed by atoms with van der Waals surface area (Å²) in [7, 11) is 1.80. The second-order valence-electron chi connectivity index (χ2n) is 4.03. The third kappa shape index (κ3) is 3.08. The predicted molar refractivity (Wildman–Crippen MR) is 70.1 cm³/mol. The van der Waals surface area contributed by atoms with Gasteiger partial charge in [-0.15, -0.1) is 5.10 Å². The van der Waals surface area contributed by atoms with Crippen molar-refractivity contribution >= 4 is 15.9 Å². The van der Waals surface area contributed by atoms with Crippen LogP contribution >= 0.6 is 15.9 Å². The Morgan fingerprint density at radius 3 is 2.89 bits per heavy atom. The summed E-state index contributed by atoms with van der Waals surface area (Å²) in [4.78, 5) is 0. The molecule has 0 bridgehead atoms. The second-order valence-corrected chi connectivity index (χ2v) is 4.95. The van der Waals surface area contributed by atoms with E-state index in [-0.39, 0.29) is 0 Å². The summed E-state index contributed by atoms with van der Waals surface area (Å²) >= 11 is 3.37. The average molecular weight is 312 g/mol. The zero-order valence-corrected chi connectivity index (χ0v) is 11.8. The molecule has 18 heavy (non-hydrogen) atoms. The van der Waals surface area contributed by atoms with Crippen LogP contribution in [-0.2, 0) is 13.7 Å². The van der Waals surface area contributed by atoms with Crippen molar-refractivity contribution in [2.45, 2.75) is 19.6 Å². The van der Waals surface area contributed by atoms with E-state index in [0.717, 1.165) is 15.7 Å². The standard InChI is InChI=1S/C12H14BrN3O2/c1-8(17)11-5-9(13)3-4-12(11)18-7-10-6-16(2)15-14-10/h3-6,8,17H,7H2,1-2H3/t8-/m1/s1. The first-order valence-corrected chi connectivity index (χ1v) is 6.31. The van der Waals surface area contributed by atoms with Crippen molar-refractivity contribution in [3.05, 3.63) is 40.1 Å². The minimum Gasteiger partial charge on any atom is -0.487 e. The molecule has 1 aromatic carbocycles. The fourth-order valence-electron chi connectivity index (χ4n) is 1.59. The van der Waals surface area contributed by atoms with Crippen LogP contribution in [0.4, 0.5) is 0 Å². The van der Waals surface area contributed by atoms with Crippen LogP contribution in [0.3, 0.4) is 0 Å². The molecule has 0 saturated carbocycles. The molecule has 2 aromatic rings. The van der Waals surface area contributed by atoms with Crippen LogP contribution in [-0.4, -0.2) is 20.1 Å². The van der Waals surface area contributed by atoms with Crippen molar-refractivity contribution in [1.29, 1.82) is 0 Å². The number of aromatic nitrogens is 3. The molecule has 0 aliphatic rings. The Kier molecular flexibility index (Phi) is 3.98. The van der Waals surface area contributed by atoms with Crippen LogP contribution in [0, 0.1) is 0 Å². The third-order valence-corrected chi connectivity index (χ3v) is 2.94. The van der Waals surface area contributed by atoms with E-state index in [0.29, 0.717) is 12.4 Å². The number of benzene rings is 1. The van der Waals surface area contributed by atoms with Crippen molar-refractivity contribution in [3.8, 4) is 5.75 Å². The Balaban J connectivity index is 2.13. The van der Waals surface area contributed by atoms with Gasteiger partial charge < -0.3 is 9.84 Å². The normalized spacial score (nSPS) is 12.4. The Bertz CT molecular complexity index is 540. The molecule has 96 valence electrons. The molecule has 5 nitrogen and oxygen atoms in total. The summed E-state index contributed by atoms with van der Waals surface area (Å²) in [5, 5.41) is 17.5. The number of aliphatic hydroxyl groups is 1. The summed E-state index contributed by atoms with van der Waals surface area (Å²) in [6.45, 7) is 2.03. The molecule has 1 atom stereocenters. The van der Waals surface area contributed by atoms with Crippen molar-refractivity contribution in [1.82, 2.24) is 15.0 Å². The number of nitrogens with zero attached hydrogens (tertiary/aromatic N) is 3. The first-order valence-electron chi connectivity index (χ1n) is 5.52. The number of aryl methyl sites for hydroxylation is 1. The molecule has 0 fully saturated rings. The van der Waals surface area contributed by atoms with Gasteiger partial charge in [0, 0.05) is 17.1 Å². The van der Waals surface area contributed by atoms with Crippen molar-refractivity contribution in [3.63, 3.8) is 0 Å². The maximum absolute atomic E-state index is 9.70. The highest BCUT2D eigenvalue weighted by Crippen LogP contribution is 2.28. The number of hydrogen-bond acceptors (Lipinski definition) is 4. The largest absolute Gasteiger partial charge is 0.487 e. The van der Waals surface area contributed by atoms with Gasteiger partial charge in [-0.3, -0.25) is 4.68 Å². The highest BCUT2D eigenvalue weighted by molar-refractivity contribution is 9.10. The minimum absolute atomic E-state index is 0.329. The summed E-state index contributed by atoms with van der Waals surface area (Å²) in [6.07, 6.45) is 1.21. The fourth-order valence-corrected chi connectivity index (χ4v) is 1.97. The molecule has 0 aliphatic heterocycles. The van der Waals surface area contributed by atoms with Crippen LogP contribution in [0.2, 0.25) is 0 Å². The molecule has 2 rings (SSSR count). The van der Waals surface area contributed by atoms with E-state index in [4.69, 9.17) is 4.74 Å². The van der Waals surface area contributed by atoms with E-state index in [1.54, 1.807) is 24.9 Å². The van der Waals surface area contributed by atoms with E-state index in [2.05, 4.69) is 26.2 Å². The molecule has 1 N–H and O–H groups in total. The average Bonchev–Trinajstić information content (AvgIpc) is 2.73. The van der Waals surface area contributed by atoms with Gasteiger partial charge in [-0.05, 0) is 25.1 Å². The number of rotatable bonds is 4. The Labute approximate surface area is 114 Å². The summed E-state index contributed by atoms with van der Waals surface area (Å²) in [5.74, 6) is 0.652. The van der Waals surface area contributed by atoms with E-state index < -0.39 is 6.10 Å². The molecule has 1 aromatic heterocycles. The Morgan fingerprint density at radius 2 is 2.28 bits per heavy atom. The van der Waals surface area contributed by atoms with E-state index in [1.165, 1.54) is 0 Å². The molecule has 0 amide bonds. The van der Waals surface area contributed by atoms with Gasteiger partial charge in [0.15, 0.2) is 0 Å². The zero-order valence-electron chi connectivity index (χ0n) is 10.2. The number of hydrogen-bond donors (Lipinski definition) is 1. The maximum atomic E-state index is 9.70. The second kappa shape index (κ2) is 5.49. The topological polar surface area (TPSA) is 60.2 Å². The first kappa shape index (κ1) is 13.0. The van der Waals surface area contributed by atoms with Crippen molar-refractivity contribution in [2.75, 3.05) is 0 Å². The third-order valence-electron chi connectivity index (χ3n) is 2.45. The lowest BCUT2D eigenvalue weighted by Gasteiger charge is -2.13. The van der Waals surface area contributed by atoms with Crippen LogP contribution in [0.5, 0.6) is 5.75 Å². The first-order chi connectivity index (χ1) is 8.56. The van der Waals surface area contributed by atoms with E-state index in [9.17, 15) is 5.11 Å². The number of ether oxygens (including phenoxy) is 1. The van der Waals surface area contributed by atoms with Gasteiger partial charge in [0.05, 0.1) is 12.3 Å². The monoisotopic (exact) mass is 311 g/mol. The number of aliphatic hydroxyl groups excluding tert-OH is 1. The van der Waals surface area contributed by atoms with Gasteiger partial charge in [-0.2, -0.15) is 0 Å². The van der Waals surface area contributed by atoms with E-state index >= 15 is 0 Å². The predicted octanol–water partition coefficient (Wildman–Crippen LogP) is 2.21. The highest BCUT2D eigenvalue weighted by atomic mass is 79.9. The van der Waals surface area contributed by atoms with Gasteiger partial charge in [0.2, 0.25) is 0 Å². The molecule has 6 heteroatoms. The Morgan fingerprint density at radius 1 is 1.50 bits per heavy atom. The quantitative estimate of drug-likeness (QED) is 0.940. The van der Waals surface area contributed by atoms with Crippen LogP contribution in [0.1, 0.15) is 24.3 Å². The summed E-state index contributed by atoms with van der Waals surface area (Å²) in [5.41, 5.74) is 1.49. The lowest BCUT2D eigenvalue weighted by molar-refractivity contribution is 0.189. The van der Waals surface area contributed by atoms with Gasteiger partial charge in [-0.25, -0.2) is 0 Å². The molecule has 0 aliphatic carbocycles. The lowest BCUT2D eigenvalue weighted by atomic mass is 10.1. The van der Waals surface area contributed by atoms with Crippen molar-refractivity contribution < 1.29 is 9.84 Å². The smallest absolute Gasteiger partial charge is 0.134 e. The van der Waals surface area contributed by atoms with E-state index in [1.807, 2.05) is 18.2 Å². The lowest BCUT2D eigenvalue weighted by Crippen LogP contribution is -2.01. The Hall–Kier alpha value is -1.40. The molecular formula is C12H14BrN3O2. The van der Waals surface area contributed by atoms with Crippen LogP contribution in [0.25, 0.3) is 0 Å². The van der Waals surface area contributed by atoms with Crippen LogP contribution < -0.4 is 4.74 Å². The van der Waals surface area contributed by atoms with Gasteiger partial charge in [0.1, 0.15) is 18.1 Å². The molecule has 0 radical (unpaired) electrons. The van der Waals surface area contributed by atoms with Crippen molar-refractivity contribution in [2.24, 2.45) is 7.05 Å². The fraction of sp³-hybridized carbons (Fsp3) is 0.333. The van der Waals surface area contributed by atoms with Gasteiger partial charge in [-0.1, -0.05) is 21.1 Å². The molecular weight excluding hydrogens is 298 g/mol. The number of halogens is 1. The molecule has 1 heterocycles. The summed E-state index contributed by atoms with van der Waals surface area (Å²) in [6, 6.07) is 5.54. The molecule has 0 unspecified atom stereocenters.